The highest BCUT2D eigenvalue weighted by molar-refractivity contribution is 8.69. The van der Waals surface area contributed by atoms with Gasteiger partial charge in [-0.15, -0.1) is 16.8 Å². The molecule has 4 heterocycles. The molecule has 0 amide bonds. The predicted molar refractivity (Wildman–Crippen MR) is 164 cm³/mol. The monoisotopic (exact) mass is 551 g/mol. The maximum absolute atomic E-state index is 12.1. The average molecular weight is 552 g/mol. The summed E-state index contributed by atoms with van der Waals surface area (Å²) in [5, 5.41) is 11.5. The van der Waals surface area contributed by atoms with Crippen LogP contribution in [0.2, 0.25) is 0 Å². The number of thiol groups is 2. The van der Waals surface area contributed by atoms with Crippen LogP contribution >= 0.6 is 11.7 Å². The number of pyridine rings is 1. The van der Waals surface area contributed by atoms with Gasteiger partial charge >= 0.3 is 0 Å². The van der Waals surface area contributed by atoms with Gasteiger partial charge in [0.2, 0.25) is 0 Å². The molecule has 3 aromatic heterocycles. The van der Waals surface area contributed by atoms with Crippen molar-refractivity contribution < 1.29 is 4.21 Å². The molecule has 1 aliphatic heterocycles. The number of nitrogens with one attached hydrogen (secondary N) is 2. The van der Waals surface area contributed by atoms with Crippen LogP contribution < -0.4 is 10.6 Å². The summed E-state index contributed by atoms with van der Waals surface area (Å²) in [5.41, 5.74) is 5.27. The fourth-order valence-electron chi connectivity index (χ4n) is 4.15. The van der Waals surface area contributed by atoms with Crippen LogP contribution in [0, 0.1) is 0 Å². The maximum Gasteiger partial charge on any atom is 0.181 e. The molecule has 0 aliphatic carbocycles. The van der Waals surface area contributed by atoms with Crippen molar-refractivity contribution in [3.8, 4) is 0 Å². The molecule has 1 saturated heterocycles. The van der Waals surface area contributed by atoms with E-state index in [0.717, 1.165) is 55.1 Å². The van der Waals surface area contributed by atoms with E-state index in [4.69, 9.17) is 4.98 Å². The molecule has 0 saturated carbocycles. The second-order valence-corrected chi connectivity index (χ2v) is 14.5. The molecule has 0 bridgehead atoms. The number of rotatable bonds is 11. The largest absolute Gasteiger partial charge is 0.385 e. The van der Waals surface area contributed by atoms with E-state index in [2.05, 4.69) is 50.4 Å². The van der Waals surface area contributed by atoms with Gasteiger partial charge in [0, 0.05) is 66.6 Å². The summed E-state index contributed by atoms with van der Waals surface area (Å²) in [6, 6.07) is 5.82. The molecule has 202 valence electrons. The van der Waals surface area contributed by atoms with Crippen LogP contribution in [-0.4, -0.2) is 66.4 Å². The third-order valence-corrected chi connectivity index (χ3v) is 9.32. The van der Waals surface area contributed by atoms with Gasteiger partial charge in [-0.3, -0.25) is 9.19 Å². The summed E-state index contributed by atoms with van der Waals surface area (Å²) in [4.78, 5) is 11.5. The minimum Gasteiger partial charge on any atom is -0.385 e. The lowest BCUT2D eigenvalue weighted by atomic mass is 10.1. The van der Waals surface area contributed by atoms with E-state index in [-0.39, 0.29) is 0 Å². The Hall–Kier alpha value is -3.21. The second-order valence-electron chi connectivity index (χ2n) is 9.69. The Kier molecular flexibility index (Phi) is 9.19. The summed E-state index contributed by atoms with van der Waals surface area (Å²) in [5.74, 6) is 2.59. The van der Waals surface area contributed by atoms with Crippen molar-refractivity contribution in [2.24, 2.45) is 0 Å². The van der Waals surface area contributed by atoms with E-state index in [1.807, 2.05) is 56.5 Å². The topological polar surface area (TPSA) is 87.5 Å². The molecule has 4 rings (SSSR count). The molecule has 1 aliphatic rings. The van der Waals surface area contributed by atoms with E-state index in [0.29, 0.717) is 28.7 Å². The number of hydrogen-bond donors (Lipinski definition) is 4. The zero-order chi connectivity index (χ0) is 27.1. The Morgan fingerprint density at radius 2 is 2.03 bits per heavy atom. The zero-order valence-electron chi connectivity index (χ0n) is 22.1. The summed E-state index contributed by atoms with van der Waals surface area (Å²) in [7, 11) is -2.19. The highest BCUT2D eigenvalue weighted by atomic mass is 33.1. The van der Waals surface area contributed by atoms with Gasteiger partial charge in [0.05, 0.1) is 5.69 Å². The molecular formula is C28H37N7OS2. The van der Waals surface area contributed by atoms with Crippen molar-refractivity contribution in [1.82, 2.24) is 29.8 Å². The number of aromatic nitrogens is 4. The molecule has 0 atom stereocenters. The summed E-state index contributed by atoms with van der Waals surface area (Å²) in [6.45, 7) is 15.9. The molecule has 0 unspecified atom stereocenters. The summed E-state index contributed by atoms with van der Waals surface area (Å²) in [6.07, 6.45) is 12.3. The minimum absolute atomic E-state index is 0.536. The highest BCUT2D eigenvalue weighted by Gasteiger charge is 2.20. The van der Waals surface area contributed by atoms with Crippen LogP contribution in [0.25, 0.3) is 16.8 Å². The Bertz CT molecular complexity index is 1410. The zero-order valence-corrected chi connectivity index (χ0v) is 23.9. The fourth-order valence-corrected chi connectivity index (χ4v) is 6.10. The van der Waals surface area contributed by atoms with Gasteiger partial charge in [0.15, 0.2) is 11.6 Å². The van der Waals surface area contributed by atoms with Gasteiger partial charge < -0.3 is 15.5 Å². The first-order valence-corrected chi connectivity index (χ1v) is 16.0. The molecule has 0 spiro atoms. The first-order valence-electron chi connectivity index (χ1n) is 12.8. The van der Waals surface area contributed by atoms with Crippen LogP contribution in [0.4, 0.5) is 11.5 Å². The van der Waals surface area contributed by atoms with E-state index in [1.165, 1.54) is 5.57 Å². The Labute approximate surface area is 230 Å². The van der Waals surface area contributed by atoms with Crippen molar-refractivity contribution in [1.29, 1.82) is 0 Å². The molecule has 0 aromatic carbocycles. The molecule has 2 N–H and O–H groups in total. The van der Waals surface area contributed by atoms with Gasteiger partial charge in [0.1, 0.15) is 5.52 Å². The molecule has 10 heteroatoms. The number of hydrogen-bond acceptors (Lipinski definition) is 7. The van der Waals surface area contributed by atoms with E-state index >= 15 is 0 Å². The maximum atomic E-state index is 12.1. The Morgan fingerprint density at radius 1 is 1.24 bits per heavy atom. The quantitative estimate of drug-likeness (QED) is 0.121. The third kappa shape index (κ3) is 7.43. The molecule has 0 radical (unpaired) electrons. The molecular weight excluding hydrogens is 514 g/mol. The molecule has 8 nitrogen and oxygen atoms in total. The smallest absolute Gasteiger partial charge is 0.181 e. The van der Waals surface area contributed by atoms with Gasteiger partial charge in [-0.25, -0.2) is 9.50 Å². The second kappa shape index (κ2) is 12.6. The normalized spacial score (nSPS) is 16.3. The standard InChI is InChI=1S/C28H37N7OS2/c1-21(2)8-5-9-22(3)27-32-28(26-10-6-15-35(26)33-27)31-25-11-13-29-20-24(25)23(4)30-12-7-14-34-16-18-38(36,37)19-17-34/h5-6,8-11,13,15,20,30,38H,3-4,7,12,14,16-19H2,1-2H3,(H,36,37)(H,29,31,32,33)/b9-5-. The lowest BCUT2D eigenvalue weighted by molar-refractivity contribution is 0.295. The van der Waals surface area contributed by atoms with Crippen molar-refractivity contribution in [3.05, 3.63) is 85.1 Å². The van der Waals surface area contributed by atoms with Crippen LogP contribution in [-0.2, 0) is 8.96 Å². The van der Waals surface area contributed by atoms with Gasteiger partial charge in [-0.2, -0.15) is 0 Å². The van der Waals surface area contributed by atoms with Crippen LogP contribution in [0.5, 0.6) is 0 Å². The molecule has 3 aromatic rings. The number of fused-ring (bicyclic) bond motifs is 1. The van der Waals surface area contributed by atoms with Crippen molar-refractivity contribution in [2.75, 3.05) is 43.0 Å². The summed E-state index contributed by atoms with van der Waals surface area (Å²) >= 11 is 4.31. The van der Waals surface area contributed by atoms with Crippen LogP contribution in [0.1, 0.15) is 31.7 Å². The minimum atomic E-state index is -2.19. The van der Waals surface area contributed by atoms with Gasteiger partial charge in [-0.1, -0.05) is 45.9 Å². The fraction of sp³-hybridized carbons (Fsp3) is 0.321. The SMILES string of the molecule is C=C(/C=C\C=C(C)C)c1nc(Nc2ccncc2C(=C)NCCCN2CC[SH](=O)(S)CC2)c2cccn2n1. The Morgan fingerprint density at radius 3 is 2.79 bits per heavy atom. The lowest BCUT2D eigenvalue weighted by Gasteiger charge is -2.32. The van der Waals surface area contributed by atoms with Crippen molar-refractivity contribution in [2.45, 2.75) is 20.3 Å². The first-order chi connectivity index (χ1) is 18.2. The van der Waals surface area contributed by atoms with E-state index in [9.17, 15) is 4.21 Å². The van der Waals surface area contributed by atoms with E-state index in [1.54, 1.807) is 16.9 Å². The Balaban J connectivity index is 1.44. The van der Waals surface area contributed by atoms with Crippen LogP contribution in [0.15, 0.2) is 73.7 Å². The van der Waals surface area contributed by atoms with Crippen molar-refractivity contribution in [3.63, 3.8) is 0 Å². The van der Waals surface area contributed by atoms with Crippen molar-refractivity contribution >= 4 is 48.9 Å². The average Bonchev–Trinajstić information content (AvgIpc) is 3.36. The molecule has 38 heavy (non-hydrogen) atoms. The predicted octanol–water partition coefficient (Wildman–Crippen LogP) is 4.53. The van der Waals surface area contributed by atoms with E-state index < -0.39 is 8.96 Å². The summed E-state index contributed by atoms with van der Waals surface area (Å²) < 4.78 is 13.9. The van der Waals surface area contributed by atoms with Gasteiger partial charge in [-0.05, 0) is 45.0 Å². The molecule has 1 fully saturated rings. The van der Waals surface area contributed by atoms with Gasteiger partial charge in [0.25, 0.3) is 0 Å². The number of nitrogens with zero attached hydrogens (tertiary/aromatic N) is 5. The number of allylic oxidation sites excluding steroid dienone is 5. The first kappa shape index (κ1) is 27.8. The lowest BCUT2D eigenvalue weighted by Crippen LogP contribution is -2.42. The van der Waals surface area contributed by atoms with Crippen LogP contribution in [0.3, 0.4) is 0 Å². The highest BCUT2D eigenvalue weighted by Crippen LogP contribution is 2.26. The number of anilines is 2. The third-order valence-electron chi connectivity index (χ3n) is 6.33.